The van der Waals surface area contributed by atoms with Gasteiger partial charge in [-0.3, -0.25) is 4.79 Å². The van der Waals surface area contributed by atoms with E-state index in [1.165, 1.54) is 0 Å². The first-order valence-corrected chi connectivity index (χ1v) is 15.0. The van der Waals surface area contributed by atoms with E-state index in [1.807, 2.05) is 25.1 Å². The molecule has 0 bridgehead atoms. The zero-order valence-electron chi connectivity index (χ0n) is 22.5. The third-order valence-electron chi connectivity index (χ3n) is 6.07. The number of rotatable bonds is 12. The van der Waals surface area contributed by atoms with Crippen molar-refractivity contribution >= 4 is 19.9 Å². The number of methoxy groups -OCH3 is 1. The van der Waals surface area contributed by atoms with Gasteiger partial charge in [0.05, 0.1) is 44.7 Å². The fourth-order valence-corrected chi connectivity index (χ4v) is 3.92. The Morgan fingerprint density at radius 2 is 1.80 bits per heavy atom. The lowest BCUT2D eigenvalue weighted by atomic mass is 10.1. The van der Waals surface area contributed by atoms with Crippen LogP contribution in [0, 0.1) is 0 Å². The van der Waals surface area contributed by atoms with Gasteiger partial charge in [0, 0.05) is 5.56 Å². The molecule has 0 radical (unpaired) electrons. The molecule has 192 valence electrons. The second-order valence-corrected chi connectivity index (χ2v) is 14.7. The fourth-order valence-electron chi connectivity index (χ4n) is 2.96. The lowest BCUT2D eigenvalue weighted by Gasteiger charge is -2.36. The minimum atomic E-state index is -1.97. The summed E-state index contributed by atoms with van der Waals surface area (Å²) in [7, 11) is -0.362. The highest BCUT2D eigenvalue weighted by molar-refractivity contribution is 6.74. The molecule has 2 aromatic rings. The van der Waals surface area contributed by atoms with Crippen molar-refractivity contribution in [2.24, 2.45) is 0 Å². The van der Waals surface area contributed by atoms with Crippen molar-refractivity contribution in [1.29, 1.82) is 0 Å². The highest BCUT2D eigenvalue weighted by Crippen LogP contribution is 2.37. The van der Waals surface area contributed by atoms with Crippen LogP contribution in [-0.2, 0) is 20.4 Å². The molecule has 2 rings (SSSR count). The van der Waals surface area contributed by atoms with Crippen LogP contribution in [0.2, 0.25) is 18.1 Å². The first-order chi connectivity index (χ1) is 16.4. The Kier molecular flexibility index (Phi) is 10.0. The van der Waals surface area contributed by atoms with Crippen molar-refractivity contribution in [3.63, 3.8) is 0 Å². The third-order valence-corrected chi connectivity index (χ3v) is 10.5. The van der Waals surface area contributed by atoms with E-state index in [-0.39, 0.29) is 17.4 Å². The maximum absolute atomic E-state index is 12.2. The predicted molar refractivity (Wildman–Crippen MR) is 142 cm³/mol. The van der Waals surface area contributed by atoms with Gasteiger partial charge < -0.3 is 18.6 Å². The maximum atomic E-state index is 12.2. The number of hydrogen-bond donors (Lipinski definition) is 0. The molecule has 0 amide bonds. The van der Waals surface area contributed by atoms with E-state index >= 15 is 0 Å². The fraction of sp³-hybridized carbons (Fsp3) is 0.519. The van der Waals surface area contributed by atoms with Gasteiger partial charge in [-0.05, 0) is 61.3 Å². The summed E-state index contributed by atoms with van der Waals surface area (Å²) in [6.07, 6.45) is 0.916. The van der Waals surface area contributed by atoms with Crippen LogP contribution in [0.25, 0.3) is 17.0 Å². The standard InChI is InChI=1S/C27H40N2O5Si/c1-10-14-33-24-15-20(12-13-23(24)31-7)26-28-21(17-25(30)32-11-2)16-22(29-26)19(3)18-34-35(8,9)27(4,5)6/h12-13,15-16H,3,10-11,14,17-18H2,1-2,4-9H3. The summed E-state index contributed by atoms with van der Waals surface area (Å²) in [5, 5.41) is 0.0805. The van der Waals surface area contributed by atoms with Crippen molar-refractivity contribution < 1.29 is 23.4 Å². The number of ether oxygens (including phenoxy) is 3. The van der Waals surface area contributed by atoms with Crippen molar-refractivity contribution in [1.82, 2.24) is 9.97 Å². The van der Waals surface area contributed by atoms with E-state index < -0.39 is 8.32 Å². The lowest BCUT2D eigenvalue weighted by molar-refractivity contribution is -0.142. The van der Waals surface area contributed by atoms with Crippen LogP contribution < -0.4 is 9.47 Å². The van der Waals surface area contributed by atoms with Gasteiger partial charge in [-0.1, -0.05) is 34.3 Å². The van der Waals surface area contributed by atoms with Gasteiger partial charge in [-0.2, -0.15) is 0 Å². The average molecular weight is 501 g/mol. The topological polar surface area (TPSA) is 79.8 Å². The average Bonchev–Trinajstić information content (AvgIpc) is 2.80. The molecule has 8 heteroatoms. The predicted octanol–water partition coefficient (Wildman–Crippen LogP) is 6.08. The van der Waals surface area contributed by atoms with Gasteiger partial charge in [0.1, 0.15) is 0 Å². The summed E-state index contributed by atoms with van der Waals surface area (Å²) < 4.78 is 22.8. The Hall–Kier alpha value is -2.71. The minimum absolute atomic E-state index is 0.0437. The van der Waals surface area contributed by atoms with Crippen molar-refractivity contribution in [2.75, 3.05) is 26.9 Å². The number of carbonyl (C=O) groups is 1. The zero-order chi connectivity index (χ0) is 26.2. The van der Waals surface area contributed by atoms with E-state index in [0.717, 1.165) is 17.6 Å². The largest absolute Gasteiger partial charge is 0.493 e. The monoisotopic (exact) mass is 500 g/mol. The Labute approximate surface area is 211 Å². The molecule has 1 heterocycles. The van der Waals surface area contributed by atoms with Crippen molar-refractivity contribution in [3.05, 3.63) is 42.2 Å². The van der Waals surface area contributed by atoms with Gasteiger partial charge >= 0.3 is 5.97 Å². The minimum Gasteiger partial charge on any atom is -0.493 e. The smallest absolute Gasteiger partial charge is 0.311 e. The summed E-state index contributed by atoms with van der Waals surface area (Å²) >= 11 is 0. The number of aromatic nitrogens is 2. The molecule has 0 aliphatic carbocycles. The van der Waals surface area contributed by atoms with Gasteiger partial charge in [-0.15, -0.1) is 0 Å². The molecule has 0 spiro atoms. The van der Waals surface area contributed by atoms with Crippen molar-refractivity contribution in [2.45, 2.75) is 65.6 Å². The van der Waals surface area contributed by atoms with E-state index in [2.05, 4.69) is 45.4 Å². The molecular weight excluding hydrogens is 460 g/mol. The molecule has 0 saturated heterocycles. The second kappa shape index (κ2) is 12.3. The van der Waals surface area contributed by atoms with E-state index in [0.29, 0.717) is 48.5 Å². The van der Waals surface area contributed by atoms with Crippen LogP contribution in [0.4, 0.5) is 0 Å². The Bertz CT molecular complexity index is 1030. The van der Waals surface area contributed by atoms with Gasteiger partial charge in [-0.25, -0.2) is 9.97 Å². The first-order valence-electron chi connectivity index (χ1n) is 12.1. The van der Waals surface area contributed by atoms with Crippen LogP contribution in [0.3, 0.4) is 0 Å². The van der Waals surface area contributed by atoms with Crippen molar-refractivity contribution in [3.8, 4) is 22.9 Å². The van der Waals surface area contributed by atoms with Crippen LogP contribution in [-0.4, -0.2) is 51.2 Å². The molecule has 7 nitrogen and oxygen atoms in total. The summed E-state index contributed by atoms with van der Waals surface area (Å²) in [5.41, 5.74) is 2.69. The molecule has 35 heavy (non-hydrogen) atoms. The second-order valence-electron chi connectivity index (χ2n) is 9.92. The van der Waals surface area contributed by atoms with Gasteiger partial charge in [0.2, 0.25) is 0 Å². The molecule has 0 N–H and O–H groups in total. The molecule has 0 atom stereocenters. The van der Waals surface area contributed by atoms with E-state index in [4.69, 9.17) is 23.6 Å². The summed E-state index contributed by atoms with van der Waals surface area (Å²) in [6.45, 7) is 20.3. The SMILES string of the molecule is C=C(CO[Si](C)(C)C(C)(C)C)c1cc(CC(=O)OCC)nc(-c2ccc(OC)c(OCCC)c2)n1. The van der Waals surface area contributed by atoms with Gasteiger partial charge in [0.15, 0.2) is 25.6 Å². The number of esters is 1. The number of carbonyl (C=O) groups excluding carboxylic acids is 1. The van der Waals surface area contributed by atoms with Gasteiger partial charge in [0.25, 0.3) is 0 Å². The number of hydrogen-bond acceptors (Lipinski definition) is 7. The third kappa shape index (κ3) is 7.90. The molecule has 0 aliphatic rings. The Morgan fingerprint density at radius 1 is 1.09 bits per heavy atom. The number of nitrogens with zero attached hydrogens (tertiary/aromatic N) is 2. The summed E-state index contributed by atoms with van der Waals surface area (Å²) in [5.74, 6) is 1.39. The molecule has 1 aromatic heterocycles. The lowest BCUT2D eigenvalue weighted by Crippen LogP contribution is -2.41. The Balaban J connectivity index is 2.45. The van der Waals surface area contributed by atoms with Crippen LogP contribution in [0.15, 0.2) is 30.8 Å². The molecule has 1 aromatic carbocycles. The molecule has 0 fully saturated rings. The summed E-state index contributed by atoms with van der Waals surface area (Å²) in [6, 6.07) is 7.35. The quantitative estimate of drug-likeness (QED) is 0.258. The van der Waals surface area contributed by atoms with E-state index in [9.17, 15) is 4.79 Å². The highest BCUT2D eigenvalue weighted by Gasteiger charge is 2.37. The zero-order valence-corrected chi connectivity index (χ0v) is 23.5. The van der Waals surface area contributed by atoms with E-state index in [1.54, 1.807) is 20.1 Å². The normalized spacial score (nSPS) is 11.8. The highest BCUT2D eigenvalue weighted by atomic mass is 28.4. The molecule has 0 aliphatic heterocycles. The van der Waals surface area contributed by atoms with Crippen LogP contribution in [0.5, 0.6) is 11.5 Å². The maximum Gasteiger partial charge on any atom is 0.311 e. The van der Waals surface area contributed by atoms with Crippen LogP contribution in [0.1, 0.15) is 52.4 Å². The summed E-state index contributed by atoms with van der Waals surface area (Å²) in [4.78, 5) is 21.6. The molecular formula is C27H40N2O5Si. The number of benzene rings is 1. The first kappa shape index (κ1) is 28.5. The molecule has 0 unspecified atom stereocenters. The Morgan fingerprint density at radius 3 is 2.40 bits per heavy atom. The van der Waals surface area contributed by atoms with Crippen LogP contribution >= 0.6 is 0 Å². The molecule has 0 saturated carbocycles.